The molecule has 1 aliphatic carbocycles. The fourth-order valence-electron chi connectivity index (χ4n) is 0.595. The lowest BCUT2D eigenvalue weighted by molar-refractivity contribution is 0.560. The standard InChI is InChI=1S/C6H11Cl/c1-5(7)6(2)3-4-6/h5H,3-4H2,1-2H3. The Morgan fingerprint density at radius 2 is 2.00 bits per heavy atom. The van der Waals surface area contributed by atoms with Crippen LogP contribution in [-0.2, 0) is 0 Å². The Labute approximate surface area is 49.9 Å². The summed E-state index contributed by atoms with van der Waals surface area (Å²) < 4.78 is 0. The molecule has 0 aromatic heterocycles. The maximum Gasteiger partial charge on any atom is 0.0361 e. The van der Waals surface area contributed by atoms with Crippen LogP contribution in [0.25, 0.3) is 0 Å². The molecule has 0 aliphatic heterocycles. The Morgan fingerprint density at radius 1 is 1.57 bits per heavy atom. The molecule has 1 aliphatic rings. The van der Waals surface area contributed by atoms with Gasteiger partial charge < -0.3 is 0 Å². The molecule has 1 atom stereocenters. The molecule has 0 bridgehead atoms. The van der Waals surface area contributed by atoms with E-state index in [1.807, 2.05) is 0 Å². The van der Waals surface area contributed by atoms with Gasteiger partial charge in [0.15, 0.2) is 0 Å². The summed E-state index contributed by atoms with van der Waals surface area (Å²) in [6, 6.07) is 0. The molecule has 0 nitrogen and oxygen atoms in total. The molecular weight excluding hydrogens is 108 g/mol. The Kier molecular flexibility index (Phi) is 1.07. The van der Waals surface area contributed by atoms with E-state index < -0.39 is 0 Å². The van der Waals surface area contributed by atoms with Crippen molar-refractivity contribution in [3.63, 3.8) is 0 Å². The fraction of sp³-hybridized carbons (Fsp3) is 1.00. The van der Waals surface area contributed by atoms with E-state index in [-0.39, 0.29) is 0 Å². The summed E-state index contributed by atoms with van der Waals surface area (Å²) in [6.45, 7) is 4.32. The highest BCUT2D eigenvalue weighted by atomic mass is 35.5. The van der Waals surface area contributed by atoms with Gasteiger partial charge in [-0.05, 0) is 25.2 Å². The topological polar surface area (TPSA) is 0 Å². The van der Waals surface area contributed by atoms with E-state index in [1.54, 1.807) is 0 Å². The van der Waals surface area contributed by atoms with Crippen molar-refractivity contribution in [2.75, 3.05) is 0 Å². The van der Waals surface area contributed by atoms with Crippen molar-refractivity contribution >= 4 is 11.6 Å². The molecule has 0 radical (unpaired) electrons. The Morgan fingerprint density at radius 3 is 2.00 bits per heavy atom. The van der Waals surface area contributed by atoms with Gasteiger partial charge in [0.2, 0.25) is 0 Å². The zero-order valence-electron chi connectivity index (χ0n) is 4.87. The lowest BCUT2D eigenvalue weighted by Crippen LogP contribution is -2.05. The summed E-state index contributed by atoms with van der Waals surface area (Å²) in [5, 5.41) is 0.382. The highest BCUT2D eigenvalue weighted by Crippen LogP contribution is 2.49. The summed E-state index contributed by atoms with van der Waals surface area (Å²) in [4.78, 5) is 0. The Bertz CT molecular complexity index is 72.2. The molecule has 42 valence electrons. The van der Waals surface area contributed by atoms with E-state index >= 15 is 0 Å². The minimum absolute atomic E-state index is 0.382. The fourth-order valence-corrected chi connectivity index (χ4v) is 0.813. The molecule has 0 saturated heterocycles. The van der Waals surface area contributed by atoms with Gasteiger partial charge in [-0.25, -0.2) is 0 Å². The van der Waals surface area contributed by atoms with E-state index in [9.17, 15) is 0 Å². The van der Waals surface area contributed by atoms with E-state index in [0.717, 1.165) is 0 Å². The first kappa shape index (κ1) is 5.43. The van der Waals surface area contributed by atoms with Crippen LogP contribution < -0.4 is 0 Å². The quantitative estimate of drug-likeness (QED) is 0.464. The van der Waals surface area contributed by atoms with Crippen LogP contribution >= 0.6 is 11.6 Å². The van der Waals surface area contributed by atoms with Gasteiger partial charge >= 0.3 is 0 Å². The largest absolute Gasteiger partial charge is 0.123 e. The first-order valence-electron chi connectivity index (χ1n) is 2.79. The van der Waals surface area contributed by atoms with Crippen molar-refractivity contribution < 1.29 is 0 Å². The molecule has 1 unspecified atom stereocenters. The van der Waals surface area contributed by atoms with Crippen LogP contribution in [0.2, 0.25) is 0 Å². The highest BCUT2D eigenvalue weighted by molar-refractivity contribution is 6.21. The maximum atomic E-state index is 5.82. The molecular formula is C6H11Cl. The molecule has 1 fully saturated rings. The van der Waals surface area contributed by atoms with Crippen LogP contribution in [0.15, 0.2) is 0 Å². The zero-order chi connectivity index (χ0) is 5.49. The summed E-state index contributed by atoms with van der Waals surface area (Å²) >= 11 is 5.82. The molecule has 1 rings (SSSR count). The molecule has 1 heteroatoms. The molecule has 0 spiro atoms. The average molecular weight is 119 g/mol. The lowest BCUT2D eigenvalue weighted by Gasteiger charge is -2.07. The number of hydrogen-bond donors (Lipinski definition) is 0. The summed E-state index contributed by atoms with van der Waals surface area (Å²) in [5.74, 6) is 0. The first-order chi connectivity index (χ1) is 3.15. The first-order valence-corrected chi connectivity index (χ1v) is 3.23. The predicted octanol–water partition coefficient (Wildman–Crippen LogP) is 2.41. The minimum atomic E-state index is 0.382. The predicted molar refractivity (Wildman–Crippen MR) is 32.7 cm³/mol. The van der Waals surface area contributed by atoms with Crippen molar-refractivity contribution in [3.05, 3.63) is 0 Å². The maximum absolute atomic E-state index is 5.82. The molecule has 0 heterocycles. The number of hydrogen-bond acceptors (Lipinski definition) is 0. The van der Waals surface area contributed by atoms with E-state index in [2.05, 4.69) is 13.8 Å². The summed E-state index contributed by atoms with van der Waals surface area (Å²) in [5.41, 5.74) is 0.515. The number of alkyl halides is 1. The van der Waals surface area contributed by atoms with Crippen LogP contribution in [0.1, 0.15) is 26.7 Å². The average Bonchev–Trinajstić information content (AvgIpc) is 2.21. The van der Waals surface area contributed by atoms with Gasteiger partial charge in [0.1, 0.15) is 0 Å². The highest BCUT2D eigenvalue weighted by Gasteiger charge is 2.41. The Balaban J connectivity index is 2.39. The molecule has 0 aromatic carbocycles. The van der Waals surface area contributed by atoms with Gasteiger partial charge in [-0.2, -0.15) is 0 Å². The number of halogens is 1. The van der Waals surface area contributed by atoms with Gasteiger partial charge in [-0.3, -0.25) is 0 Å². The van der Waals surface area contributed by atoms with Gasteiger partial charge in [0, 0.05) is 5.38 Å². The third kappa shape index (κ3) is 0.908. The van der Waals surface area contributed by atoms with E-state index in [4.69, 9.17) is 11.6 Å². The molecule has 0 aromatic rings. The SMILES string of the molecule is CC(Cl)C1(C)CC1. The summed E-state index contributed by atoms with van der Waals surface area (Å²) in [7, 11) is 0. The van der Waals surface area contributed by atoms with E-state index in [1.165, 1.54) is 12.8 Å². The second-order valence-electron chi connectivity index (χ2n) is 2.77. The van der Waals surface area contributed by atoms with Gasteiger partial charge in [0.25, 0.3) is 0 Å². The minimum Gasteiger partial charge on any atom is -0.123 e. The monoisotopic (exact) mass is 118 g/mol. The zero-order valence-corrected chi connectivity index (χ0v) is 5.63. The van der Waals surface area contributed by atoms with Crippen molar-refractivity contribution in [1.82, 2.24) is 0 Å². The lowest BCUT2D eigenvalue weighted by atomic mass is 10.1. The third-order valence-corrected chi connectivity index (χ3v) is 2.53. The van der Waals surface area contributed by atoms with E-state index in [0.29, 0.717) is 10.8 Å². The summed E-state index contributed by atoms with van der Waals surface area (Å²) in [6.07, 6.45) is 2.66. The van der Waals surface area contributed by atoms with Crippen LogP contribution in [0.5, 0.6) is 0 Å². The van der Waals surface area contributed by atoms with Crippen LogP contribution in [0.4, 0.5) is 0 Å². The van der Waals surface area contributed by atoms with Gasteiger partial charge in [-0.15, -0.1) is 11.6 Å². The molecule has 0 amide bonds. The third-order valence-electron chi connectivity index (χ3n) is 2.00. The van der Waals surface area contributed by atoms with Gasteiger partial charge in [0.05, 0.1) is 0 Å². The Hall–Kier alpha value is 0.290. The van der Waals surface area contributed by atoms with Crippen LogP contribution in [0, 0.1) is 5.41 Å². The second kappa shape index (κ2) is 1.38. The molecule has 1 saturated carbocycles. The van der Waals surface area contributed by atoms with Gasteiger partial charge in [-0.1, -0.05) is 6.92 Å². The van der Waals surface area contributed by atoms with Crippen molar-refractivity contribution in [2.24, 2.45) is 5.41 Å². The number of rotatable bonds is 1. The normalized spacial score (nSPS) is 29.6. The smallest absolute Gasteiger partial charge is 0.0361 e. The second-order valence-corrected chi connectivity index (χ2v) is 3.42. The van der Waals surface area contributed by atoms with Crippen molar-refractivity contribution in [2.45, 2.75) is 32.1 Å². The van der Waals surface area contributed by atoms with Crippen molar-refractivity contribution in [1.29, 1.82) is 0 Å². The van der Waals surface area contributed by atoms with Crippen molar-refractivity contribution in [3.8, 4) is 0 Å². The molecule has 0 N–H and O–H groups in total. The molecule has 7 heavy (non-hydrogen) atoms. The van der Waals surface area contributed by atoms with Crippen LogP contribution in [-0.4, -0.2) is 5.38 Å². The van der Waals surface area contributed by atoms with Crippen LogP contribution in [0.3, 0.4) is 0 Å².